The molecule has 198 valence electrons. The lowest BCUT2D eigenvalue weighted by molar-refractivity contribution is -0.140. The van der Waals surface area contributed by atoms with Crippen molar-refractivity contribution < 1.29 is 24.2 Å². The van der Waals surface area contributed by atoms with Crippen molar-refractivity contribution in [1.29, 1.82) is 0 Å². The number of hydrogen-bond donors (Lipinski definition) is 1. The second kappa shape index (κ2) is 11.2. The molecule has 0 bridgehead atoms. The number of ether oxygens (including phenoxy) is 2. The third kappa shape index (κ3) is 4.94. The summed E-state index contributed by atoms with van der Waals surface area (Å²) in [5, 5.41) is 16.0. The molecule has 0 aliphatic carbocycles. The van der Waals surface area contributed by atoms with Crippen LogP contribution in [-0.2, 0) is 14.3 Å². The van der Waals surface area contributed by atoms with Gasteiger partial charge in [-0.05, 0) is 43.2 Å². The summed E-state index contributed by atoms with van der Waals surface area (Å²) < 4.78 is 12.4. The molecule has 3 heterocycles. The van der Waals surface area contributed by atoms with Crippen LogP contribution in [0.1, 0.15) is 29.3 Å². The van der Waals surface area contributed by atoms with Gasteiger partial charge in [0.2, 0.25) is 0 Å². The molecule has 0 saturated carbocycles. The van der Waals surface area contributed by atoms with Gasteiger partial charge in [-0.2, -0.15) is 5.10 Å². The van der Waals surface area contributed by atoms with E-state index in [4.69, 9.17) is 9.47 Å². The number of hydrogen-bond acceptors (Lipinski definition) is 7. The molecular weight excluding hydrogens is 484 g/mol. The van der Waals surface area contributed by atoms with Crippen LogP contribution in [0.2, 0.25) is 0 Å². The summed E-state index contributed by atoms with van der Waals surface area (Å²) >= 11 is 0. The summed E-state index contributed by atoms with van der Waals surface area (Å²) in [5.41, 5.74) is 2.71. The van der Waals surface area contributed by atoms with Crippen LogP contribution in [0, 0.1) is 6.92 Å². The first-order valence-corrected chi connectivity index (χ1v) is 12.8. The van der Waals surface area contributed by atoms with Crippen molar-refractivity contribution in [1.82, 2.24) is 19.6 Å². The highest BCUT2D eigenvalue weighted by Gasteiger charge is 2.46. The predicted octanol–water partition coefficient (Wildman–Crippen LogP) is 3.33. The van der Waals surface area contributed by atoms with Crippen molar-refractivity contribution in [3.8, 4) is 11.4 Å². The minimum absolute atomic E-state index is 0.0715. The van der Waals surface area contributed by atoms with Crippen LogP contribution in [0.15, 0.2) is 66.4 Å². The number of ketones is 1. The Balaban J connectivity index is 1.51. The van der Waals surface area contributed by atoms with Crippen molar-refractivity contribution >= 4 is 17.4 Å². The van der Waals surface area contributed by atoms with Gasteiger partial charge >= 0.3 is 0 Å². The first kappa shape index (κ1) is 25.7. The summed E-state index contributed by atoms with van der Waals surface area (Å²) in [6, 6.07) is 16.1. The third-order valence-electron chi connectivity index (χ3n) is 7.21. The Morgan fingerprint density at radius 2 is 1.76 bits per heavy atom. The van der Waals surface area contributed by atoms with E-state index in [1.807, 2.05) is 49.4 Å². The van der Waals surface area contributed by atoms with Crippen LogP contribution in [-0.4, -0.2) is 82.9 Å². The van der Waals surface area contributed by atoms with Gasteiger partial charge in [0.25, 0.3) is 11.7 Å². The molecule has 38 heavy (non-hydrogen) atoms. The molecule has 9 nitrogen and oxygen atoms in total. The molecule has 1 N–H and O–H groups in total. The number of aliphatic hydroxyl groups excluding tert-OH is 1. The molecule has 3 aromatic rings. The summed E-state index contributed by atoms with van der Waals surface area (Å²) in [5.74, 6) is -0.860. The minimum atomic E-state index is -0.718. The highest BCUT2D eigenvalue weighted by atomic mass is 16.5. The lowest BCUT2D eigenvalue weighted by atomic mass is 9.95. The second-order valence-corrected chi connectivity index (χ2v) is 9.46. The maximum atomic E-state index is 13.4. The molecule has 2 aliphatic heterocycles. The molecule has 1 amide bonds. The van der Waals surface area contributed by atoms with Gasteiger partial charge < -0.3 is 19.5 Å². The number of morpholine rings is 1. The van der Waals surface area contributed by atoms with E-state index in [-0.39, 0.29) is 11.3 Å². The number of nitrogens with zero attached hydrogens (tertiary/aromatic N) is 4. The Bertz CT molecular complexity index is 1330. The van der Waals surface area contributed by atoms with E-state index in [9.17, 15) is 14.7 Å². The van der Waals surface area contributed by atoms with Crippen LogP contribution < -0.4 is 4.74 Å². The van der Waals surface area contributed by atoms with Gasteiger partial charge in [0, 0.05) is 26.2 Å². The maximum Gasteiger partial charge on any atom is 0.295 e. The number of para-hydroxylation sites is 1. The fourth-order valence-corrected chi connectivity index (χ4v) is 5.15. The number of amides is 1. The first-order chi connectivity index (χ1) is 18.5. The van der Waals surface area contributed by atoms with Gasteiger partial charge in [0.05, 0.1) is 55.1 Å². The van der Waals surface area contributed by atoms with Crippen LogP contribution in [0.3, 0.4) is 0 Å². The normalized spacial score (nSPS) is 19.7. The monoisotopic (exact) mass is 516 g/mol. The predicted molar refractivity (Wildman–Crippen MR) is 142 cm³/mol. The third-order valence-corrected chi connectivity index (χ3v) is 7.21. The Morgan fingerprint density at radius 3 is 2.45 bits per heavy atom. The molecule has 1 aromatic heterocycles. The quantitative estimate of drug-likeness (QED) is 0.279. The average Bonchev–Trinajstić information content (AvgIpc) is 3.46. The lowest BCUT2D eigenvalue weighted by Crippen LogP contribution is -2.38. The zero-order valence-electron chi connectivity index (χ0n) is 21.7. The van der Waals surface area contributed by atoms with Crippen LogP contribution in [0.4, 0.5) is 0 Å². The second-order valence-electron chi connectivity index (χ2n) is 9.46. The average molecular weight is 517 g/mol. The number of likely N-dealkylation sites (tertiary alicyclic amines) is 1. The van der Waals surface area contributed by atoms with E-state index in [0.717, 1.165) is 30.9 Å². The molecular formula is C29H32N4O5. The van der Waals surface area contributed by atoms with E-state index in [1.54, 1.807) is 28.8 Å². The molecule has 2 aromatic carbocycles. The van der Waals surface area contributed by atoms with Gasteiger partial charge in [-0.1, -0.05) is 30.3 Å². The largest absolute Gasteiger partial charge is 0.507 e. The lowest BCUT2D eigenvalue weighted by Gasteiger charge is -2.29. The highest BCUT2D eigenvalue weighted by molar-refractivity contribution is 6.46. The summed E-state index contributed by atoms with van der Waals surface area (Å²) in [6.07, 6.45) is 2.24. The molecule has 2 aliphatic rings. The standard InChI is InChI=1S/C29H32N4O5/c1-20-24(19-30-33(20)22-7-4-3-5-8-22)27(34)25-26(21-9-11-23(37-2)12-10-21)32(29(36)28(25)35)14-6-13-31-15-17-38-18-16-31/h3-5,7-12,19,26,34H,6,13-18H2,1-2H3/t26-/m0/s1. The summed E-state index contributed by atoms with van der Waals surface area (Å²) in [7, 11) is 1.58. The molecule has 5 rings (SSSR count). The zero-order chi connectivity index (χ0) is 26.6. The minimum Gasteiger partial charge on any atom is -0.507 e. The van der Waals surface area contributed by atoms with Crippen molar-refractivity contribution in [3.63, 3.8) is 0 Å². The molecule has 9 heteroatoms. The number of carbonyl (C=O) groups excluding carboxylic acids is 2. The molecule has 0 unspecified atom stereocenters. The van der Waals surface area contributed by atoms with Crippen LogP contribution >= 0.6 is 0 Å². The topological polar surface area (TPSA) is 97.1 Å². The number of Topliss-reactive ketones (excluding diaryl/α,β-unsaturated/α-hetero) is 1. The van der Waals surface area contributed by atoms with E-state index in [0.29, 0.717) is 43.2 Å². The fourth-order valence-electron chi connectivity index (χ4n) is 5.15. The van der Waals surface area contributed by atoms with E-state index < -0.39 is 17.7 Å². The van der Waals surface area contributed by atoms with Crippen molar-refractivity contribution in [2.75, 3.05) is 46.5 Å². The van der Waals surface area contributed by atoms with Crippen molar-refractivity contribution in [2.45, 2.75) is 19.4 Å². The maximum absolute atomic E-state index is 13.4. The number of benzene rings is 2. The van der Waals surface area contributed by atoms with Gasteiger partial charge in [-0.15, -0.1) is 0 Å². The molecule has 0 radical (unpaired) electrons. The Morgan fingerprint density at radius 1 is 1.05 bits per heavy atom. The molecule has 2 saturated heterocycles. The molecule has 2 fully saturated rings. The Labute approximate surface area is 221 Å². The van der Waals surface area contributed by atoms with E-state index in [1.165, 1.54) is 6.20 Å². The van der Waals surface area contributed by atoms with Gasteiger partial charge in [-0.3, -0.25) is 14.5 Å². The van der Waals surface area contributed by atoms with Gasteiger partial charge in [0.15, 0.2) is 0 Å². The fraction of sp³-hybridized carbons (Fsp3) is 0.345. The SMILES string of the molecule is COc1ccc([C@H]2C(=C(O)c3cnn(-c4ccccc4)c3C)C(=O)C(=O)N2CCCN2CCOCC2)cc1. The van der Waals surface area contributed by atoms with Crippen molar-refractivity contribution in [3.05, 3.63) is 83.2 Å². The van der Waals surface area contributed by atoms with Crippen LogP contribution in [0.25, 0.3) is 11.4 Å². The smallest absolute Gasteiger partial charge is 0.295 e. The van der Waals surface area contributed by atoms with Gasteiger partial charge in [0.1, 0.15) is 11.5 Å². The van der Waals surface area contributed by atoms with E-state index in [2.05, 4.69) is 10.00 Å². The van der Waals surface area contributed by atoms with Crippen molar-refractivity contribution in [2.24, 2.45) is 0 Å². The number of carbonyl (C=O) groups is 2. The number of methoxy groups -OCH3 is 1. The molecule has 1 atom stereocenters. The summed E-state index contributed by atoms with van der Waals surface area (Å²) in [4.78, 5) is 30.6. The first-order valence-electron chi connectivity index (χ1n) is 12.8. The highest BCUT2D eigenvalue weighted by Crippen LogP contribution is 2.40. The Hall–Kier alpha value is -3.95. The van der Waals surface area contributed by atoms with E-state index >= 15 is 0 Å². The molecule has 0 spiro atoms. The summed E-state index contributed by atoms with van der Waals surface area (Å²) in [6.45, 7) is 6.12. The zero-order valence-corrected chi connectivity index (χ0v) is 21.7. The number of aromatic nitrogens is 2. The number of aliphatic hydroxyl groups is 1. The Kier molecular flexibility index (Phi) is 7.57. The number of rotatable bonds is 8. The van der Waals surface area contributed by atoms with Gasteiger partial charge in [-0.25, -0.2) is 4.68 Å². The van der Waals surface area contributed by atoms with Crippen LogP contribution in [0.5, 0.6) is 5.75 Å².